The molecule has 0 aliphatic heterocycles. The van der Waals surface area contributed by atoms with E-state index in [0.717, 1.165) is 98.4 Å². The van der Waals surface area contributed by atoms with Gasteiger partial charge in [0.15, 0.2) is 0 Å². The van der Waals surface area contributed by atoms with Crippen LogP contribution in [0.15, 0.2) is 176 Å². The Kier molecular flexibility index (Phi) is 15.3. The Bertz CT molecular complexity index is 3510. The van der Waals surface area contributed by atoms with E-state index in [4.69, 9.17) is 15.0 Å². The molecule has 0 unspecified atom stereocenters. The average molecular weight is 1120 g/mol. The quantitative estimate of drug-likeness (QED) is 0.108. The maximum atomic E-state index is 9.41. The van der Waals surface area contributed by atoms with E-state index < -0.39 is 0 Å². The molecule has 356 valence electrons. The van der Waals surface area contributed by atoms with Gasteiger partial charge in [-0.3, -0.25) is 0 Å². The summed E-state index contributed by atoms with van der Waals surface area (Å²) >= 11 is 0. The first kappa shape index (κ1) is 50.1. The first-order valence-corrected chi connectivity index (χ1v) is 24.8. The number of benzene rings is 7. The molecule has 0 spiro atoms. The molecule has 0 fully saturated rings. The van der Waals surface area contributed by atoms with Crippen molar-refractivity contribution >= 4 is 0 Å². The van der Waals surface area contributed by atoms with E-state index in [1.54, 1.807) is 0 Å². The Morgan fingerprint density at radius 2 is 0.808 bits per heavy atom. The van der Waals surface area contributed by atoms with Crippen LogP contribution in [0.25, 0.3) is 78.3 Å². The third-order valence-corrected chi connectivity index (χ3v) is 14.2. The van der Waals surface area contributed by atoms with Crippen molar-refractivity contribution in [1.82, 2.24) is 15.0 Å². The zero-order chi connectivity index (χ0) is 49.7. The summed E-state index contributed by atoms with van der Waals surface area (Å²) in [6.45, 7) is 12.7. The Hall–Kier alpha value is -7.87. The van der Waals surface area contributed by atoms with Crippen molar-refractivity contribution in [2.45, 2.75) is 67.2 Å². The molecule has 0 amide bonds. The summed E-state index contributed by atoms with van der Waals surface area (Å²) in [6.07, 6.45) is 9.37. The number of aromatic nitrogens is 3. The van der Waals surface area contributed by atoms with Crippen molar-refractivity contribution in [1.29, 1.82) is 5.26 Å². The van der Waals surface area contributed by atoms with E-state index in [1.807, 2.05) is 42.9 Å². The molecule has 5 heteroatoms. The minimum atomic E-state index is 0. The molecule has 7 aromatic carbocycles. The van der Waals surface area contributed by atoms with Crippen LogP contribution in [-0.2, 0) is 45.8 Å². The number of nitrogens with zero attached hydrogens (tertiary/aromatic N) is 4. The van der Waals surface area contributed by atoms with Crippen molar-refractivity contribution in [3.05, 3.63) is 256 Å². The molecule has 0 bridgehead atoms. The SMILES string of the molecule is Cc1cnc(-c2[c-]cc(CCc3cc(CCc4c[c-]c(-c5cc(C)c(C)cn5)cc4)cc(-c4ccccc4-c4c[c-]c(-c5cc(C)c(C)cn5)cc4-c4ccc(-c5ccc(C#N)cc5)cc4)c3)cc2)cc1C.[Ir+3]. The monoisotopic (exact) mass is 1120 g/mol. The van der Waals surface area contributed by atoms with Crippen molar-refractivity contribution in [2.24, 2.45) is 0 Å². The summed E-state index contributed by atoms with van der Waals surface area (Å²) in [4.78, 5) is 14.2. The van der Waals surface area contributed by atoms with Crippen molar-refractivity contribution in [3.63, 3.8) is 0 Å². The van der Waals surface area contributed by atoms with E-state index >= 15 is 0 Å². The van der Waals surface area contributed by atoms with Gasteiger partial charge in [0.05, 0.1) is 11.6 Å². The van der Waals surface area contributed by atoms with Gasteiger partial charge in [0.25, 0.3) is 0 Å². The maximum Gasteiger partial charge on any atom is 3.00 e. The Balaban J connectivity index is 0.00000656. The molecule has 0 radical (unpaired) electrons. The molecule has 0 aliphatic carbocycles. The fraction of sp³-hybridized carbons (Fsp3) is 0.147. The molecule has 0 atom stereocenters. The van der Waals surface area contributed by atoms with Crippen molar-refractivity contribution in [3.8, 4) is 84.3 Å². The Morgan fingerprint density at radius 3 is 1.27 bits per heavy atom. The smallest absolute Gasteiger partial charge is 0.304 e. The zero-order valence-corrected chi connectivity index (χ0v) is 44.6. The normalized spacial score (nSPS) is 11.0. The summed E-state index contributed by atoms with van der Waals surface area (Å²) < 4.78 is 0. The predicted octanol–water partition coefficient (Wildman–Crippen LogP) is 16.2. The van der Waals surface area contributed by atoms with Gasteiger partial charge < -0.3 is 15.0 Å². The van der Waals surface area contributed by atoms with E-state index in [-0.39, 0.29) is 20.1 Å². The second-order valence-electron chi connectivity index (χ2n) is 19.2. The van der Waals surface area contributed by atoms with Gasteiger partial charge in [-0.2, -0.15) is 5.26 Å². The van der Waals surface area contributed by atoms with Crippen LogP contribution in [0.4, 0.5) is 0 Å². The van der Waals surface area contributed by atoms with Gasteiger partial charge in [-0.25, -0.2) is 0 Å². The second kappa shape index (κ2) is 22.3. The van der Waals surface area contributed by atoms with E-state index in [1.165, 1.54) is 61.2 Å². The van der Waals surface area contributed by atoms with Gasteiger partial charge in [-0.05, 0) is 139 Å². The largest absolute Gasteiger partial charge is 3.00 e. The van der Waals surface area contributed by atoms with Crippen LogP contribution >= 0.6 is 0 Å². The molecule has 10 aromatic rings. The number of hydrogen-bond acceptors (Lipinski definition) is 4. The van der Waals surface area contributed by atoms with Gasteiger partial charge in [0, 0.05) is 18.6 Å². The van der Waals surface area contributed by atoms with Gasteiger partial charge in [0.2, 0.25) is 0 Å². The van der Waals surface area contributed by atoms with Gasteiger partial charge >= 0.3 is 20.1 Å². The molecule has 73 heavy (non-hydrogen) atoms. The van der Waals surface area contributed by atoms with Crippen molar-refractivity contribution < 1.29 is 20.1 Å². The van der Waals surface area contributed by atoms with E-state index in [9.17, 15) is 5.26 Å². The molecule has 0 saturated heterocycles. The van der Waals surface area contributed by atoms with Crippen LogP contribution < -0.4 is 0 Å². The predicted molar refractivity (Wildman–Crippen MR) is 295 cm³/mol. The summed E-state index contributed by atoms with van der Waals surface area (Å²) in [6, 6.07) is 69.3. The van der Waals surface area contributed by atoms with Crippen LogP contribution in [0, 0.1) is 71.1 Å². The molecule has 0 N–H and O–H groups in total. The maximum absolute atomic E-state index is 9.41. The third kappa shape index (κ3) is 11.4. The number of pyridine rings is 3. The second-order valence-corrected chi connectivity index (χ2v) is 19.2. The number of nitriles is 1. The van der Waals surface area contributed by atoms with Gasteiger partial charge in [0.1, 0.15) is 0 Å². The van der Waals surface area contributed by atoms with Crippen LogP contribution in [0.5, 0.6) is 0 Å². The summed E-state index contributed by atoms with van der Waals surface area (Å²) in [7, 11) is 0. The van der Waals surface area contributed by atoms with Crippen LogP contribution in [0.2, 0.25) is 0 Å². The number of aryl methyl sites for hydroxylation is 10. The minimum Gasteiger partial charge on any atom is -0.304 e. The van der Waals surface area contributed by atoms with E-state index in [2.05, 4.69) is 199 Å². The van der Waals surface area contributed by atoms with Crippen molar-refractivity contribution in [2.75, 3.05) is 0 Å². The molecular formula is C68H55IrN4. The van der Waals surface area contributed by atoms with Gasteiger partial charge in [-0.1, -0.05) is 143 Å². The Morgan fingerprint density at radius 1 is 0.370 bits per heavy atom. The fourth-order valence-electron chi connectivity index (χ4n) is 9.29. The van der Waals surface area contributed by atoms with Crippen LogP contribution in [0.1, 0.15) is 61.2 Å². The molecule has 0 saturated carbocycles. The topological polar surface area (TPSA) is 62.5 Å². The molecular weight excluding hydrogens is 1060 g/mol. The summed E-state index contributed by atoms with van der Waals surface area (Å²) in [5.74, 6) is 0. The first-order chi connectivity index (χ1) is 35.0. The molecule has 0 aliphatic rings. The molecule has 10 rings (SSSR count). The molecule has 3 aromatic heterocycles. The minimum absolute atomic E-state index is 0. The Labute approximate surface area is 444 Å². The summed E-state index contributed by atoms with van der Waals surface area (Å²) in [5.41, 5.74) is 27.6. The standard InChI is InChI=1S/C68H55N4.Ir/c1-44-33-66(70-41-47(44)4)58-23-15-50(16-24-58)11-13-53-36-54(14-12-51-17-25-59(26-18-51)67-34-45(2)48(5)42-71-67)38-61(37-53)62-9-7-8-10-63(62)64-32-31-60(68-35-46(3)49(6)43-72-68)39-65(64)57-29-27-56(28-30-57)55-21-19-52(40-69)20-22-55;/h7-10,15-23,25,27-30,32-39,41-43H,11-14H2,1-6H3;/q-3;+3. The molecule has 3 heterocycles. The summed E-state index contributed by atoms with van der Waals surface area (Å²) in [5, 5.41) is 9.41. The molecule has 4 nitrogen and oxygen atoms in total. The zero-order valence-electron chi connectivity index (χ0n) is 42.2. The number of hydrogen-bond donors (Lipinski definition) is 0. The first-order valence-electron chi connectivity index (χ1n) is 24.8. The van der Waals surface area contributed by atoms with Crippen LogP contribution in [-0.4, -0.2) is 15.0 Å². The van der Waals surface area contributed by atoms with Gasteiger partial charge in [-0.15, -0.1) is 94.5 Å². The number of rotatable bonds is 13. The van der Waals surface area contributed by atoms with E-state index in [0.29, 0.717) is 5.56 Å². The average Bonchev–Trinajstić information content (AvgIpc) is 3.42. The van der Waals surface area contributed by atoms with Crippen LogP contribution in [0.3, 0.4) is 0 Å². The fourth-order valence-corrected chi connectivity index (χ4v) is 9.29. The third-order valence-electron chi connectivity index (χ3n) is 14.2.